The summed E-state index contributed by atoms with van der Waals surface area (Å²) in [5, 5.41) is 6.34. The lowest BCUT2D eigenvalue weighted by atomic mass is 9.92. The molecule has 0 bridgehead atoms. The zero-order chi connectivity index (χ0) is 16.2. The van der Waals surface area contributed by atoms with E-state index in [4.69, 9.17) is 0 Å². The highest BCUT2D eigenvalue weighted by molar-refractivity contribution is 5.80. The predicted octanol–water partition coefficient (Wildman–Crippen LogP) is 2.66. The van der Waals surface area contributed by atoms with Gasteiger partial charge in [0.05, 0.1) is 0 Å². The Bertz CT molecular complexity index is 422. The second kappa shape index (κ2) is 7.54. The summed E-state index contributed by atoms with van der Waals surface area (Å²) in [6.07, 6.45) is 10.1. The second-order valence-electron chi connectivity index (χ2n) is 7.68. The number of amides is 3. The molecule has 3 rings (SSSR count). The minimum atomic E-state index is 0.0514. The van der Waals surface area contributed by atoms with Crippen molar-refractivity contribution < 1.29 is 9.59 Å². The summed E-state index contributed by atoms with van der Waals surface area (Å²) in [4.78, 5) is 26.5. The largest absolute Gasteiger partial charge is 0.353 e. The highest BCUT2D eigenvalue weighted by Gasteiger charge is 2.32. The first kappa shape index (κ1) is 16.6. The number of urea groups is 1. The molecule has 0 aromatic carbocycles. The molecule has 5 heteroatoms. The third kappa shape index (κ3) is 4.61. The van der Waals surface area contributed by atoms with E-state index in [1.807, 2.05) is 4.90 Å². The van der Waals surface area contributed by atoms with Crippen molar-refractivity contribution in [2.45, 2.75) is 76.8 Å². The van der Waals surface area contributed by atoms with Crippen LogP contribution >= 0.6 is 0 Å². The Morgan fingerprint density at radius 3 is 2.22 bits per heavy atom. The van der Waals surface area contributed by atoms with Crippen LogP contribution in [0.1, 0.15) is 64.7 Å². The van der Waals surface area contributed by atoms with Gasteiger partial charge in [0, 0.05) is 31.1 Å². The minimum Gasteiger partial charge on any atom is -0.353 e. The number of nitrogens with zero attached hydrogens (tertiary/aromatic N) is 1. The normalized spacial score (nSPS) is 25.0. The molecule has 3 fully saturated rings. The van der Waals surface area contributed by atoms with Crippen LogP contribution in [0.2, 0.25) is 0 Å². The second-order valence-corrected chi connectivity index (χ2v) is 7.68. The third-order valence-electron chi connectivity index (χ3n) is 5.78. The molecule has 5 nitrogen and oxygen atoms in total. The van der Waals surface area contributed by atoms with Gasteiger partial charge in [-0.25, -0.2) is 4.79 Å². The number of carbonyl (C=O) groups is 2. The summed E-state index contributed by atoms with van der Waals surface area (Å²) in [5.41, 5.74) is 0. The molecule has 0 spiro atoms. The van der Waals surface area contributed by atoms with Crippen molar-refractivity contribution in [3.05, 3.63) is 0 Å². The third-order valence-corrected chi connectivity index (χ3v) is 5.78. The van der Waals surface area contributed by atoms with Crippen molar-refractivity contribution in [3.8, 4) is 0 Å². The number of rotatable bonds is 4. The van der Waals surface area contributed by atoms with E-state index < -0.39 is 0 Å². The first-order chi connectivity index (χ1) is 11.1. The van der Waals surface area contributed by atoms with Gasteiger partial charge in [-0.1, -0.05) is 19.3 Å². The van der Waals surface area contributed by atoms with Gasteiger partial charge in [-0.3, -0.25) is 4.79 Å². The molecule has 1 unspecified atom stereocenters. The van der Waals surface area contributed by atoms with Gasteiger partial charge in [0.1, 0.15) is 0 Å². The Morgan fingerprint density at radius 2 is 1.61 bits per heavy atom. The zero-order valence-electron chi connectivity index (χ0n) is 14.4. The van der Waals surface area contributed by atoms with Crippen LogP contribution in [0.3, 0.4) is 0 Å². The van der Waals surface area contributed by atoms with Crippen LogP contribution in [-0.2, 0) is 4.79 Å². The van der Waals surface area contributed by atoms with Crippen molar-refractivity contribution in [1.29, 1.82) is 0 Å². The van der Waals surface area contributed by atoms with Crippen LogP contribution in [-0.4, -0.2) is 42.0 Å². The topological polar surface area (TPSA) is 61.4 Å². The molecular weight excluding hydrogens is 290 g/mol. The Balaban J connectivity index is 1.38. The maximum absolute atomic E-state index is 12.4. The molecule has 0 radical (unpaired) electrons. The van der Waals surface area contributed by atoms with E-state index in [1.165, 1.54) is 32.1 Å². The van der Waals surface area contributed by atoms with E-state index in [1.54, 1.807) is 0 Å². The fourth-order valence-corrected chi connectivity index (χ4v) is 3.91. The highest BCUT2D eigenvalue weighted by Crippen LogP contribution is 2.32. The number of hydrogen-bond donors (Lipinski definition) is 2. The minimum absolute atomic E-state index is 0.0514. The molecule has 1 atom stereocenters. The van der Waals surface area contributed by atoms with E-state index >= 15 is 0 Å². The number of hydrogen-bond acceptors (Lipinski definition) is 2. The van der Waals surface area contributed by atoms with Crippen LogP contribution in [0.25, 0.3) is 0 Å². The SMILES string of the molecule is CC(NC(=O)N1CCC(C(=O)NC2CCCCC2)CC1)C1CC1. The van der Waals surface area contributed by atoms with Gasteiger partial charge in [0.2, 0.25) is 5.91 Å². The van der Waals surface area contributed by atoms with Crippen LogP contribution in [0.15, 0.2) is 0 Å². The highest BCUT2D eigenvalue weighted by atomic mass is 16.2. The molecule has 130 valence electrons. The maximum atomic E-state index is 12.4. The monoisotopic (exact) mass is 321 g/mol. The maximum Gasteiger partial charge on any atom is 0.317 e. The van der Waals surface area contributed by atoms with Crippen molar-refractivity contribution in [1.82, 2.24) is 15.5 Å². The molecule has 23 heavy (non-hydrogen) atoms. The average molecular weight is 321 g/mol. The Hall–Kier alpha value is -1.26. The Morgan fingerprint density at radius 1 is 0.957 bits per heavy atom. The Labute approximate surface area is 139 Å². The lowest BCUT2D eigenvalue weighted by Gasteiger charge is -2.33. The molecule has 2 aliphatic carbocycles. The lowest BCUT2D eigenvalue weighted by Crippen LogP contribution is -2.50. The van der Waals surface area contributed by atoms with Crippen molar-refractivity contribution in [2.24, 2.45) is 11.8 Å². The predicted molar refractivity (Wildman–Crippen MR) is 90.0 cm³/mol. The number of likely N-dealkylation sites (tertiary alicyclic amines) is 1. The number of piperidine rings is 1. The van der Waals surface area contributed by atoms with Crippen molar-refractivity contribution in [2.75, 3.05) is 13.1 Å². The molecule has 3 amide bonds. The summed E-state index contributed by atoms with van der Waals surface area (Å²) in [6, 6.07) is 0.724. The van der Waals surface area contributed by atoms with Gasteiger partial charge in [0.25, 0.3) is 0 Å². The molecule has 1 saturated heterocycles. The van der Waals surface area contributed by atoms with Gasteiger partial charge in [-0.2, -0.15) is 0 Å². The average Bonchev–Trinajstić information content (AvgIpc) is 3.41. The molecule has 0 aromatic heterocycles. The molecule has 1 aliphatic heterocycles. The lowest BCUT2D eigenvalue weighted by molar-refractivity contribution is -0.127. The smallest absolute Gasteiger partial charge is 0.317 e. The van der Waals surface area contributed by atoms with Gasteiger partial charge in [-0.05, 0) is 51.4 Å². The van der Waals surface area contributed by atoms with E-state index in [2.05, 4.69) is 17.6 Å². The van der Waals surface area contributed by atoms with Crippen molar-refractivity contribution in [3.63, 3.8) is 0 Å². The zero-order valence-corrected chi connectivity index (χ0v) is 14.4. The first-order valence-electron chi connectivity index (χ1n) is 9.49. The summed E-state index contributed by atoms with van der Waals surface area (Å²) in [7, 11) is 0. The Kier molecular flexibility index (Phi) is 5.44. The van der Waals surface area contributed by atoms with Gasteiger partial charge in [0.15, 0.2) is 0 Å². The number of nitrogens with one attached hydrogen (secondary N) is 2. The van der Waals surface area contributed by atoms with E-state index in [0.717, 1.165) is 25.7 Å². The quantitative estimate of drug-likeness (QED) is 0.836. The van der Waals surface area contributed by atoms with Gasteiger partial charge < -0.3 is 15.5 Å². The van der Waals surface area contributed by atoms with Gasteiger partial charge >= 0.3 is 6.03 Å². The molecule has 1 heterocycles. The first-order valence-corrected chi connectivity index (χ1v) is 9.49. The fourth-order valence-electron chi connectivity index (χ4n) is 3.91. The molecule has 2 saturated carbocycles. The molecule has 2 N–H and O–H groups in total. The van der Waals surface area contributed by atoms with E-state index in [-0.39, 0.29) is 23.9 Å². The molecular formula is C18H31N3O2. The standard InChI is InChI=1S/C18H31N3O2/c1-13(14-7-8-14)19-18(23)21-11-9-15(10-12-21)17(22)20-16-5-3-2-4-6-16/h13-16H,2-12H2,1H3,(H,19,23)(H,20,22). The van der Waals surface area contributed by atoms with Crippen LogP contribution in [0.4, 0.5) is 4.79 Å². The summed E-state index contributed by atoms with van der Waals surface area (Å²) in [5.74, 6) is 0.975. The summed E-state index contributed by atoms with van der Waals surface area (Å²) >= 11 is 0. The molecule has 0 aromatic rings. The van der Waals surface area contributed by atoms with Crippen molar-refractivity contribution >= 4 is 11.9 Å². The summed E-state index contributed by atoms with van der Waals surface area (Å²) in [6.45, 7) is 3.50. The van der Waals surface area contributed by atoms with Crippen LogP contribution < -0.4 is 10.6 Å². The van der Waals surface area contributed by atoms with E-state index in [9.17, 15) is 9.59 Å². The van der Waals surface area contributed by atoms with Gasteiger partial charge in [-0.15, -0.1) is 0 Å². The summed E-state index contributed by atoms with van der Waals surface area (Å²) < 4.78 is 0. The van der Waals surface area contributed by atoms with E-state index in [0.29, 0.717) is 25.0 Å². The fraction of sp³-hybridized carbons (Fsp3) is 0.889. The van der Waals surface area contributed by atoms with Crippen LogP contribution in [0.5, 0.6) is 0 Å². The molecule has 3 aliphatic rings. The van der Waals surface area contributed by atoms with Crippen LogP contribution in [0, 0.1) is 11.8 Å². The number of carbonyl (C=O) groups excluding carboxylic acids is 2.